The fraction of sp³-hybridized carbons (Fsp3) is 0.562. The van der Waals surface area contributed by atoms with Crippen LogP contribution in [0, 0.1) is 0 Å². The number of rotatable bonds is 15. The molecule has 2 rings (SSSR count). The van der Waals surface area contributed by atoms with E-state index in [1.165, 1.54) is 0 Å². The summed E-state index contributed by atoms with van der Waals surface area (Å²) in [4.78, 5) is 25.1. The van der Waals surface area contributed by atoms with Crippen LogP contribution in [0.15, 0.2) is 36.4 Å². The Labute approximate surface area is 262 Å². The van der Waals surface area contributed by atoms with Gasteiger partial charge in [0.25, 0.3) is 5.91 Å². The van der Waals surface area contributed by atoms with E-state index in [0.29, 0.717) is 18.2 Å². The number of hydrogen-bond donors (Lipinski definition) is 3. The lowest BCUT2D eigenvalue weighted by molar-refractivity contribution is -0.326. The molecule has 0 saturated heterocycles. The average Bonchev–Trinajstić information content (AvgIpc) is 2.97. The van der Waals surface area contributed by atoms with E-state index in [9.17, 15) is 49.8 Å². The first-order chi connectivity index (χ1) is 21.0. The summed E-state index contributed by atoms with van der Waals surface area (Å²) < 4.78 is 112. The van der Waals surface area contributed by atoms with Gasteiger partial charge in [-0.15, -0.1) is 0 Å². The molecule has 2 aromatic carbocycles. The lowest BCUT2D eigenvalue weighted by atomic mass is 9.76. The molecule has 0 heterocycles. The predicted molar refractivity (Wildman–Crippen MR) is 159 cm³/mol. The van der Waals surface area contributed by atoms with Crippen molar-refractivity contribution >= 4 is 23.2 Å². The molecule has 0 radical (unpaired) electrons. The van der Waals surface area contributed by atoms with Crippen LogP contribution in [0.5, 0.6) is 11.5 Å². The van der Waals surface area contributed by atoms with Crippen molar-refractivity contribution < 1.29 is 54.6 Å². The van der Waals surface area contributed by atoms with Crippen LogP contribution < -0.4 is 15.4 Å². The SMILES string of the molecule is CCCC(Oc1ccc(C(C)(C)CC)cc1C(C)(C)CC)C(=O)Nc1ccc(NC(=O)C(F)(F)C(F)(F)C(F)(F)C(F)F)c(O)c1. The van der Waals surface area contributed by atoms with Gasteiger partial charge in [0, 0.05) is 17.3 Å². The maximum Gasteiger partial charge on any atom is 0.393 e. The Kier molecular flexibility index (Phi) is 11.8. The normalized spacial score (nSPS) is 13.8. The van der Waals surface area contributed by atoms with Gasteiger partial charge in [0.1, 0.15) is 11.5 Å². The summed E-state index contributed by atoms with van der Waals surface area (Å²) in [6, 6.07) is 8.31. The van der Waals surface area contributed by atoms with Crippen LogP contribution >= 0.6 is 0 Å². The molecular formula is C32H40F8N2O4. The number of hydrogen-bond acceptors (Lipinski definition) is 4. The van der Waals surface area contributed by atoms with Crippen LogP contribution in [-0.2, 0) is 20.4 Å². The van der Waals surface area contributed by atoms with Gasteiger partial charge in [-0.25, -0.2) is 8.78 Å². The number of phenolic OH excluding ortho intramolecular Hbond substituents is 1. The summed E-state index contributed by atoms with van der Waals surface area (Å²) in [5.41, 5.74) is 0.502. The van der Waals surface area contributed by atoms with Gasteiger partial charge in [-0.05, 0) is 53.9 Å². The fourth-order valence-corrected chi connectivity index (χ4v) is 4.26. The standard InChI is InChI=1S/C32H40F8N2O4/c1-8-11-24(46-23-15-12-18(28(4,5)9-2)16-20(23)29(6,7)10-3)25(44)41-19-13-14-21(22(43)17-19)42-27(45)31(37,38)32(39,40)30(35,36)26(33)34/h12-17,24,26,43H,8-11H2,1-7H3,(H,41,44)(H,42,45). The number of amides is 2. The molecule has 14 heteroatoms. The number of carbonyl (C=O) groups is 2. The topological polar surface area (TPSA) is 87.7 Å². The van der Waals surface area contributed by atoms with Crippen LogP contribution in [0.4, 0.5) is 46.5 Å². The monoisotopic (exact) mass is 668 g/mol. The summed E-state index contributed by atoms with van der Waals surface area (Å²) in [5.74, 6) is -23.9. The number of phenols is 1. The average molecular weight is 669 g/mol. The van der Waals surface area contributed by atoms with Crippen molar-refractivity contribution in [3.05, 3.63) is 47.5 Å². The van der Waals surface area contributed by atoms with Crippen molar-refractivity contribution in [2.75, 3.05) is 10.6 Å². The zero-order valence-corrected chi connectivity index (χ0v) is 26.6. The number of carbonyl (C=O) groups excluding carboxylic acids is 2. The third kappa shape index (κ3) is 7.86. The molecule has 0 aliphatic carbocycles. The van der Waals surface area contributed by atoms with E-state index in [4.69, 9.17) is 4.74 Å². The first kappa shape index (κ1) is 38.6. The van der Waals surface area contributed by atoms with Gasteiger partial charge in [-0.1, -0.05) is 67.0 Å². The molecule has 46 heavy (non-hydrogen) atoms. The van der Waals surface area contributed by atoms with Crippen molar-refractivity contribution in [2.24, 2.45) is 0 Å². The molecule has 0 aliphatic heterocycles. The molecule has 0 aromatic heterocycles. The van der Waals surface area contributed by atoms with E-state index >= 15 is 0 Å². The number of anilines is 2. The Morgan fingerprint density at radius 1 is 0.848 bits per heavy atom. The fourth-order valence-electron chi connectivity index (χ4n) is 4.26. The number of benzene rings is 2. The van der Waals surface area contributed by atoms with Gasteiger partial charge >= 0.3 is 30.1 Å². The smallest absolute Gasteiger partial charge is 0.393 e. The highest BCUT2D eigenvalue weighted by molar-refractivity contribution is 5.99. The highest BCUT2D eigenvalue weighted by Crippen LogP contribution is 2.49. The minimum absolute atomic E-state index is 0.112. The van der Waals surface area contributed by atoms with E-state index < -0.39 is 53.5 Å². The van der Waals surface area contributed by atoms with Gasteiger partial charge < -0.3 is 20.5 Å². The van der Waals surface area contributed by atoms with E-state index in [1.54, 1.807) is 0 Å². The Bertz CT molecular complexity index is 1400. The van der Waals surface area contributed by atoms with Gasteiger partial charge in [-0.3, -0.25) is 9.59 Å². The molecule has 0 aliphatic rings. The van der Waals surface area contributed by atoms with Crippen LogP contribution in [-0.4, -0.2) is 47.2 Å². The summed E-state index contributed by atoms with van der Waals surface area (Å²) in [6.07, 6.45) is -3.77. The first-order valence-electron chi connectivity index (χ1n) is 14.7. The van der Waals surface area contributed by atoms with E-state index in [2.05, 4.69) is 46.0 Å². The van der Waals surface area contributed by atoms with Crippen molar-refractivity contribution in [2.45, 2.75) is 115 Å². The molecule has 6 nitrogen and oxygen atoms in total. The van der Waals surface area contributed by atoms with Crippen LogP contribution in [0.3, 0.4) is 0 Å². The van der Waals surface area contributed by atoms with Gasteiger partial charge in [-0.2, -0.15) is 26.3 Å². The maximum absolute atomic E-state index is 14.0. The molecule has 0 saturated carbocycles. The lowest BCUT2D eigenvalue weighted by Crippen LogP contribution is -2.61. The molecular weight excluding hydrogens is 628 g/mol. The highest BCUT2D eigenvalue weighted by atomic mass is 19.4. The summed E-state index contributed by atoms with van der Waals surface area (Å²) >= 11 is 0. The van der Waals surface area contributed by atoms with E-state index in [1.807, 2.05) is 26.0 Å². The number of ether oxygens (including phenoxy) is 1. The minimum Gasteiger partial charge on any atom is -0.506 e. The van der Waals surface area contributed by atoms with Gasteiger partial charge in [0.15, 0.2) is 6.10 Å². The third-order valence-corrected chi connectivity index (χ3v) is 8.26. The molecule has 0 fully saturated rings. The summed E-state index contributed by atoms with van der Waals surface area (Å²) in [5, 5.41) is 13.8. The van der Waals surface area contributed by atoms with Gasteiger partial charge in [0.2, 0.25) is 0 Å². The lowest BCUT2D eigenvalue weighted by Gasteiger charge is -2.31. The molecule has 258 valence electrons. The van der Waals surface area contributed by atoms with Crippen LogP contribution in [0.1, 0.15) is 85.3 Å². The molecule has 1 atom stereocenters. The number of aromatic hydroxyl groups is 1. The zero-order valence-electron chi connectivity index (χ0n) is 26.6. The Hall–Kier alpha value is -3.58. The Morgan fingerprint density at radius 3 is 1.93 bits per heavy atom. The molecule has 2 amide bonds. The molecule has 0 bridgehead atoms. The molecule has 1 unspecified atom stereocenters. The number of halogens is 8. The van der Waals surface area contributed by atoms with Crippen molar-refractivity contribution in [1.29, 1.82) is 0 Å². The Balaban J connectivity index is 2.32. The summed E-state index contributed by atoms with van der Waals surface area (Å²) in [7, 11) is 0. The molecule has 3 N–H and O–H groups in total. The summed E-state index contributed by atoms with van der Waals surface area (Å²) in [6.45, 7) is 14.3. The first-order valence-corrected chi connectivity index (χ1v) is 14.7. The highest BCUT2D eigenvalue weighted by Gasteiger charge is 2.78. The Morgan fingerprint density at radius 2 is 1.43 bits per heavy atom. The zero-order chi connectivity index (χ0) is 35.5. The second-order valence-electron chi connectivity index (χ2n) is 12.3. The van der Waals surface area contributed by atoms with Crippen LogP contribution in [0.25, 0.3) is 0 Å². The minimum atomic E-state index is -6.77. The second-order valence-corrected chi connectivity index (χ2v) is 12.3. The predicted octanol–water partition coefficient (Wildman–Crippen LogP) is 9.06. The van der Waals surface area contributed by atoms with Crippen molar-refractivity contribution in [3.63, 3.8) is 0 Å². The number of alkyl halides is 8. The molecule has 2 aromatic rings. The van der Waals surface area contributed by atoms with E-state index in [-0.39, 0.29) is 22.9 Å². The maximum atomic E-state index is 14.0. The largest absolute Gasteiger partial charge is 0.506 e. The quantitative estimate of drug-likeness (QED) is 0.131. The van der Waals surface area contributed by atoms with E-state index in [0.717, 1.165) is 41.4 Å². The van der Waals surface area contributed by atoms with Gasteiger partial charge in [0.05, 0.1) is 5.69 Å². The third-order valence-electron chi connectivity index (χ3n) is 8.26. The van der Waals surface area contributed by atoms with Crippen molar-refractivity contribution in [1.82, 2.24) is 0 Å². The number of nitrogens with one attached hydrogen (secondary N) is 2. The van der Waals surface area contributed by atoms with Crippen LogP contribution in [0.2, 0.25) is 0 Å². The van der Waals surface area contributed by atoms with Crippen molar-refractivity contribution in [3.8, 4) is 11.5 Å². The molecule has 0 spiro atoms. The second kappa shape index (κ2) is 14.0.